The molecule has 1 aliphatic rings. The highest BCUT2D eigenvalue weighted by molar-refractivity contribution is 7.13. The summed E-state index contributed by atoms with van der Waals surface area (Å²) in [6, 6.07) is -0.525. The SMILES string of the molecule is CCOC(=O)c1sc(C)nc1OCC[C@@H]1CN(C(=O)O)CCN1C(=O)O. The number of carboxylic acid groups (broad SMARTS) is 2. The van der Waals surface area contributed by atoms with Gasteiger partial charge in [0.25, 0.3) is 0 Å². The zero-order chi connectivity index (χ0) is 19.3. The van der Waals surface area contributed by atoms with Crippen LogP contribution in [0.15, 0.2) is 0 Å². The highest BCUT2D eigenvalue weighted by atomic mass is 32.1. The standard InChI is InChI=1S/C15H21N3O7S/c1-3-24-13(19)11-12(16-9(2)26-11)25-7-4-10-8-17(14(20)21)5-6-18(10)15(22)23/h10H,3-8H2,1-2H3,(H,20,21)(H,22,23)/t10-/m1/s1. The number of carbonyl (C=O) groups excluding carboxylic acids is 1. The lowest BCUT2D eigenvalue weighted by Crippen LogP contribution is -2.56. The van der Waals surface area contributed by atoms with E-state index in [4.69, 9.17) is 14.6 Å². The van der Waals surface area contributed by atoms with Gasteiger partial charge in [-0.25, -0.2) is 19.4 Å². The molecule has 1 aliphatic heterocycles. The van der Waals surface area contributed by atoms with E-state index in [1.54, 1.807) is 13.8 Å². The third-order valence-corrected chi connectivity index (χ3v) is 4.78. The summed E-state index contributed by atoms with van der Waals surface area (Å²) < 4.78 is 10.5. The van der Waals surface area contributed by atoms with Crippen molar-refractivity contribution in [2.45, 2.75) is 26.3 Å². The minimum atomic E-state index is -1.10. The zero-order valence-corrected chi connectivity index (χ0v) is 15.3. The number of hydrogen-bond donors (Lipinski definition) is 2. The Labute approximate surface area is 153 Å². The normalized spacial score (nSPS) is 17.1. The second kappa shape index (κ2) is 8.70. The Morgan fingerprint density at radius 1 is 1.27 bits per heavy atom. The van der Waals surface area contributed by atoms with Crippen molar-refractivity contribution in [3.63, 3.8) is 0 Å². The van der Waals surface area contributed by atoms with Crippen LogP contribution in [0.4, 0.5) is 9.59 Å². The van der Waals surface area contributed by atoms with Crippen molar-refractivity contribution < 1.29 is 34.1 Å². The second-order valence-corrected chi connectivity index (χ2v) is 6.79. The third-order valence-electron chi connectivity index (χ3n) is 3.85. The molecule has 0 aromatic carbocycles. The molecule has 144 valence electrons. The topological polar surface area (TPSA) is 130 Å². The predicted octanol–water partition coefficient (Wildman–Crippen LogP) is 1.74. The fourth-order valence-corrected chi connectivity index (χ4v) is 3.41. The maximum Gasteiger partial charge on any atom is 0.407 e. The minimum Gasteiger partial charge on any atom is -0.476 e. The molecule has 1 fully saturated rings. The molecule has 11 heteroatoms. The molecule has 2 amide bonds. The summed E-state index contributed by atoms with van der Waals surface area (Å²) in [5, 5.41) is 19.0. The Hall–Kier alpha value is -2.56. The van der Waals surface area contributed by atoms with Crippen LogP contribution in [-0.4, -0.2) is 82.0 Å². The van der Waals surface area contributed by atoms with E-state index in [-0.39, 0.29) is 50.0 Å². The number of carbonyl (C=O) groups is 3. The van der Waals surface area contributed by atoms with Gasteiger partial charge < -0.3 is 29.5 Å². The van der Waals surface area contributed by atoms with E-state index in [9.17, 15) is 19.5 Å². The number of aromatic nitrogens is 1. The number of amides is 2. The maximum absolute atomic E-state index is 11.9. The van der Waals surface area contributed by atoms with Gasteiger partial charge in [-0.2, -0.15) is 0 Å². The zero-order valence-electron chi connectivity index (χ0n) is 14.5. The van der Waals surface area contributed by atoms with Crippen LogP contribution >= 0.6 is 11.3 Å². The first-order valence-corrected chi connectivity index (χ1v) is 8.89. The van der Waals surface area contributed by atoms with Gasteiger partial charge in [0.05, 0.1) is 24.3 Å². The first-order valence-electron chi connectivity index (χ1n) is 8.08. The van der Waals surface area contributed by atoms with E-state index in [1.807, 2.05) is 0 Å². The monoisotopic (exact) mass is 387 g/mol. The van der Waals surface area contributed by atoms with E-state index < -0.39 is 24.2 Å². The minimum absolute atomic E-state index is 0.0752. The number of thiazole rings is 1. The molecular formula is C15H21N3O7S. The summed E-state index contributed by atoms with van der Waals surface area (Å²) in [4.78, 5) is 41.2. The van der Waals surface area contributed by atoms with E-state index in [0.717, 1.165) is 11.3 Å². The van der Waals surface area contributed by atoms with Crippen molar-refractivity contribution in [3.05, 3.63) is 9.88 Å². The number of hydrogen-bond acceptors (Lipinski definition) is 7. The molecule has 1 aromatic heterocycles. The van der Waals surface area contributed by atoms with Crippen molar-refractivity contribution in [1.29, 1.82) is 0 Å². The van der Waals surface area contributed by atoms with Gasteiger partial charge in [0, 0.05) is 26.1 Å². The second-order valence-electron chi connectivity index (χ2n) is 5.58. The molecule has 2 heterocycles. The van der Waals surface area contributed by atoms with Crippen molar-refractivity contribution >= 4 is 29.5 Å². The summed E-state index contributed by atoms with van der Waals surface area (Å²) in [6.07, 6.45) is -1.91. The van der Waals surface area contributed by atoms with E-state index in [0.29, 0.717) is 5.01 Å². The van der Waals surface area contributed by atoms with Crippen LogP contribution in [0.5, 0.6) is 5.88 Å². The first kappa shape index (κ1) is 19.8. The van der Waals surface area contributed by atoms with Gasteiger partial charge in [-0.15, -0.1) is 11.3 Å². The molecule has 0 aliphatic carbocycles. The number of piperazine rings is 1. The number of nitrogens with zero attached hydrogens (tertiary/aromatic N) is 3. The highest BCUT2D eigenvalue weighted by Crippen LogP contribution is 2.26. The molecule has 0 radical (unpaired) electrons. The van der Waals surface area contributed by atoms with E-state index >= 15 is 0 Å². The maximum atomic E-state index is 11.9. The Morgan fingerprint density at radius 2 is 2.00 bits per heavy atom. The Bertz CT molecular complexity index is 678. The van der Waals surface area contributed by atoms with Crippen LogP contribution in [0, 0.1) is 6.92 Å². The van der Waals surface area contributed by atoms with Gasteiger partial charge in [-0.1, -0.05) is 0 Å². The fourth-order valence-electron chi connectivity index (χ4n) is 2.65. The summed E-state index contributed by atoms with van der Waals surface area (Å²) in [5.41, 5.74) is 0. The molecular weight excluding hydrogens is 366 g/mol. The van der Waals surface area contributed by atoms with Crippen LogP contribution in [0.2, 0.25) is 0 Å². The lowest BCUT2D eigenvalue weighted by Gasteiger charge is -2.38. The van der Waals surface area contributed by atoms with Gasteiger partial charge in [-0.05, 0) is 13.8 Å². The summed E-state index contributed by atoms with van der Waals surface area (Å²) in [6.45, 7) is 4.08. The van der Waals surface area contributed by atoms with Crippen LogP contribution < -0.4 is 4.74 Å². The predicted molar refractivity (Wildman–Crippen MR) is 91.0 cm³/mol. The first-order chi connectivity index (χ1) is 12.3. The van der Waals surface area contributed by atoms with E-state index in [2.05, 4.69) is 4.98 Å². The summed E-state index contributed by atoms with van der Waals surface area (Å²) in [7, 11) is 0. The van der Waals surface area contributed by atoms with Gasteiger partial charge in [0.2, 0.25) is 5.88 Å². The van der Waals surface area contributed by atoms with E-state index in [1.165, 1.54) is 9.80 Å². The van der Waals surface area contributed by atoms with Gasteiger partial charge in [0.1, 0.15) is 0 Å². The number of esters is 1. The van der Waals surface area contributed by atoms with Crippen molar-refractivity contribution in [2.75, 3.05) is 32.8 Å². The van der Waals surface area contributed by atoms with Crippen molar-refractivity contribution in [2.24, 2.45) is 0 Å². The molecule has 0 spiro atoms. The molecule has 0 saturated carbocycles. The van der Waals surface area contributed by atoms with Gasteiger partial charge in [-0.3, -0.25) is 0 Å². The van der Waals surface area contributed by atoms with Crippen LogP contribution in [0.3, 0.4) is 0 Å². The summed E-state index contributed by atoms with van der Waals surface area (Å²) >= 11 is 1.16. The van der Waals surface area contributed by atoms with Crippen molar-refractivity contribution in [1.82, 2.24) is 14.8 Å². The molecule has 10 nitrogen and oxygen atoms in total. The van der Waals surface area contributed by atoms with Gasteiger partial charge >= 0.3 is 18.2 Å². The smallest absolute Gasteiger partial charge is 0.407 e. The summed E-state index contributed by atoms with van der Waals surface area (Å²) in [5.74, 6) is -0.367. The Morgan fingerprint density at radius 3 is 2.62 bits per heavy atom. The lowest BCUT2D eigenvalue weighted by molar-refractivity contribution is 0.0518. The fraction of sp³-hybridized carbons (Fsp3) is 0.600. The van der Waals surface area contributed by atoms with Gasteiger partial charge in [0.15, 0.2) is 4.88 Å². The van der Waals surface area contributed by atoms with Crippen molar-refractivity contribution in [3.8, 4) is 5.88 Å². The Balaban J connectivity index is 1.99. The largest absolute Gasteiger partial charge is 0.476 e. The molecule has 0 unspecified atom stereocenters. The Kier molecular flexibility index (Phi) is 6.61. The number of rotatable bonds is 6. The molecule has 1 saturated heterocycles. The molecule has 1 atom stereocenters. The molecule has 1 aromatic rings. The van der Waals surface area contributed by atoms with Crippen LogP contribution in [-0.2, 0) is 4.74 Å². The third kappa shape index (κ3) is 4.75. The quantitative estimate of drug-likeness (QED) is 0.706. The highest BCUT2D eigenvalue weighted by Gasteiger charge is 2.32. The van der Waals surface area contributed by atoms with Crippen LogP contribution in [0.25, 0.3) is 0 Å². The average Bonchev–Trinajstić information content (AvgIpc) is 2.95. The number of ether oxygens (including phenoxy) is 2. The lowest BCUT2D eigenvalue weighted by atomic mass is 10.1. The molecule has 0 bridgehead atoms. The molecule has 2 rings (SSSR count). The molecule has 2 N–H and O–H groups in total. The van der Waals surface area contributed by atoms with Crippen LogP contribution in [0.1, 0.15) is 28.0 Å². The molecule has 26 heavy (non-hydrogen) atoms. The number of aryl methyl sites for hydroxylation is 1. The average molecular weight is 387 g/mol.